The van der Waals surface area contributed by atoms with Crippen molar-refractivity contribution in [1.82, 2.24) is 15.1 Å². The Morgan fingerprint density at radius 2 is 2.29 bits per heavy atom. The average Bonchev–Trinajstić information content (AvgIpc) is 2.90. The van der Waals surface area contributed by atoms with E-state index in [9.17, 15) is 4.79 Å². The first-order valence-electron chi connectivity index (χ1n) is 6.10. The Kier molecular flexibility index (Phi) is 3.47. The number of nitrogens with one attached hydrogen (secondary N) is 1. The summed E-state index contributed by atoms with van der Waals surface area (Å²) in [5.41, 5.74) is 6.96. The van der Waals surface area contributed by atoms with Gasteiger partial charge >= 0.3 is 0 Å². The van der Waals surface area contributed by atoms with Crippen LogP contribution in [-0.4, -0.2) is 33.6 Å². The molecule has 1 heterocycles. The van der Waals surface area contributed by atoms with Gasteiger partial charge in [0.25, 0.3) is 0 Å². The normalized spacial score (nSPS) is 18.2. The van der Waals surface area contributed by atoms with Gasteiger partial charge in [0.1, 0.15) is 0 Å². The van der Waals surface area contributed by atoms with Crippen LogP contribution in [0.2, 0.25) is 0 Å². The SMILES string of the molecule is CN(Cc1cn[nH]c1)C(=O)CC1(N)CCCC1. The monoisotopic (exact) mass is 236 g/mol. The van der Waals surface area contributed by atoms with E-state index in [-0.39, 0.29) is 11.4 Å². The van der Waals surface area contributed by atoms with Crippen molar-refractivity contribution in [3.8, 4) is 0 Å². The zero-order valence-electron chi connectivity index (χ0n) is 10.3. The van der Waals surface area contributed by atoms with Crippen LogP contribution in [0.3, 0.4) is 0 Å². The third kappa shape index (κ3) is 3.06. The van der Waals surface area contributed by atoms with Crippen LogP contribution in [-0.2, 0) is 11.3 Å². The summed E-state index contributed by atoms with van der Waals surface area (Å²) in [5, 5.41) is 6.61. The Morgan fingerprint density at radius 1 is 1.59 bits per heavy atom. The van der Waals surface area contributed by atoms with Crippen LogP contribution in [0, 0.1) is 0 Å². The molecule has 2 rings (SSSR count). The number of nitrogens with two attached hydrogens (primary N) is 1. The summed E-state index contributed by atoms with van der Waals surface area (Å²) in [5.74, 6) is 0.121. The molecule has 94 valence electrons. The number of carbonyl (C=O) groups is 1. The van der Waals surface area contributed by atoms with Gasteiger partial charge in [0.2, 0.25) is 5.91 Å². The number of carbonyl (C=O) groups excluding carboxylic acids is 1. The van der Waals surface area contributed by atoms with Crippen molar-refractivity contribution in [2.24, 2.45) is 5.73 Å². The van der Waals surface area contributed by atoms with Gasteiger partial charge in [0.05, 0.1) is 6.20 Å². The largest absolute Gasteiger partial charge is 0.341 e. The molecule has 1 aromatic rings. The van der Waals surface area contributed by atoms with Gasteiger partial charge in [0, 0.05) is 37.3 Å². The lowest BCUT2D eigenvalue weighted by atomic mass is 9.94. The van der Waals surface area contributed by atoms with Gasteiger partial charge < -0.3 is 10.6 Å². The van der Waals surface area contributed by atoms with Gasteiger partial charge in [-0.25, -0.2) is 0 Å². The van der Waals surface area contributed by atoms with Crippen molar-refractivity contribution in [2.75, 3.05) is 7.05 Å². The first-order chi connectivity index (χ1) is 8.09. The van der Waals surface area contributed by atoms with Crippen LogP contribution in [0.4, 0.5) is 0 Å². The fourth-order valence-electron chi connectivity index (χ4n) is 2.42. The van der Waals surface area contributed by atoms with Crippen molar-refractivity contribution in [3.63, 3.8) is 0 Å². The minimum atomic E-state index is -0.262. The fourth-order valence-corrected chi connectivity index (χ4v) is 2.42. The Labute approximate surface area is 101 Å². The van der Waals surface area contributed by atoms with Crippen LogP contribution in [0.5, 0.6) is 0 Å². The fraction of sp³-hybridized carbons (Fsp3) is 0.667. The Balaban J connectivity index is 1.87. The van der Waals surface area contributed by atoms with Crippen molar-refractivity contribution in [2.45, 2.75) is 44.2 Å². The molecular weight excluding hydrogens is 216 g/mol. The van der Waals surface area contributed by atoms with E-state index in [1.165, 1.54) is 0 Å². The number of nitrogens with zero attached hydrogens (tertiary/aromatic N) is 2. The van der Waals surface area contributed by atoms with Gasteiger partial charge in [-0.05, 0) is 12.8 Å². The lowest BCUT2D eigenvalue weighted by molar-refractivity contribution is -0.131. The summed E-state index contributed by atoms with van der Waals surface area (Å²) in [6, 6.07) is 0. The smallest absolute Gasteiger partial charge is 0.224 e. The molecule has 1 saturated carbocycles. The first-order valence-corrected chi connectivity index (χ1v) is 6.10. The second-order valence-electron chi connectivity index (χ2n) is 5.10. The van der Waals surface area contributed by atoms with Gasteiger partial charge in [-0.15, -0.1) is 0 Å². The average molecular weight is 236 g/mol. The Bertz CT molecular complexity index is 368. The van der Waals surface area contributed by atoms with Crippen LogP contribution in [0.25, 0.3) is 0 Å². The highest BCUT2D eigenvalue weighted by Crippen LogP contribution is 2.30. The molecule has 0 unspecified atom stereocenters. The van der Waals surface area contributed by atoms with Crippen LogP contribution < -0.4 is 5.73 Å². The summed E-state index contributed by atoms with van der Waals surface area (Å²) in [7, 11) is 1.81. The molecule has 0 aliphatic heterocycles. The highest BCUT2D eigenvalue weighted by molar-refractivity contribution is 5.77. The maximum atomic E-state index is 12.0. The lowest BCUT2D eigenvalue weighted by Gasteiger charge is -2.26. The number of amides is 1. The zero-order chi connectivity index (χ0) is 12.3. The maximum absolute atomic E-state index is 12.0. The molecule has 1 aromatic heterocycles. The molecule has 1 fully saturated rings. The van der Waals surface area contributed by atoms with Crippen LogP contribution >= 0.6 is 0 Å². The number of rotatable bonds is 4. The highest BCUT2D eigenvalue weighted by Gasteiger charge is 2.32. The third-order valence-corrected chi connectivity index (χ3v) is 3.50. The summed E-state index contributed by atoms with van der Waals surface area (Å²) < 4.78 is 0. The summed E-state index contributed by atoms with van der Waals surface area (Å²) in [4.78, 5) is 13.8. The first kappa shape index (κ1) is 12.1. The molecule has 17 heavy (non-hydrogen) atoms. The molecule has 0 spiro atoms. The Morgan fingerprint density at radius 3 is 2.88 bits per heavy atom. The molecule has 0 atom stereocenters. The van der Waals surface area contributed by atoms with Crippen molar-refractivity contribution in [3.05, 3.63) is 18.0 Å². The second kappa shape index (κ2) is 4.87. The van der Waals surface area contributed by atoms with Crippen LogP contribution in [0.15, 0.2) is 12.4 Å². The summed E-state index contributed by atoms with van der Waals surface area (Å²) >= 11 is 0. The zero-order valence-corrected chi connectivity index (χ0v) is 10.3. The predicted octanol–water partition coefficient (Wildman–Crippen LogP) is 1.03. The molecule has 0 bridgehead atoms. The van der Waals surface area contributed by atoms with E-state index in [1.54, 1.807) is 17.3 Å². The topological polar surface area (TPSA) is 75.0 Å². The van der Waals surface area contributed by atoms with E-state index in [0.717, 1.165) is 31.2 Å². The van der Waals surface area contributed by atoms with Gasteiger partial charge in [-0.3, -0.25) is 9.89 Å². The van der Waals surface area contributed by atoms with Gasteiger partial charge in [-0.2, -0.15) is 5.10 Å². The molecule has 1 aliphatic rings. The lowest BCUT2D eigenvalue weighted by Crippen LogP contribution is -2.42. The standard InChI is InChI=1S/C12H20N4O/c1-16(9-10-7-14-15-8-10)11(17)6-12(13)4-2-3-5-12/h7-8H,2-6,9,13H2,1H3,(H,14,15). The summed E-state index contributed by atoms with van der Waals surface area (Å²) in [6.45, 7) is 0.589. The molecule has 5 heteroatoms. The molecule has 0 saturated heterocycles. The highest BCUT2D eigenvalue weighted by atomic mass is 16.2. The van der Waals surface area contributed by atoms with Gasteiger partial charge in [-0.1, -0.05) is 12.8 Å². The minimum Gasteiger partial charge on any atom is -0.341 e. The van der Waals surface area contributed by atoms with E-state index in [1.807, 2.05) is 7.05 Å². The van der Waals surface area contributed by atoms with Gasteiger partial charge in [0.15, 0.2) is 0 Å². The molecule has 0 radical (unpaired) electrons. The maximum Gasteiger partial charge on any atom is 0.224 e. The Hall–Kier alpha value is -1.36. The van der Waals surface area contributed by atoms with Crippen molar-refractivity contribution in [1.29, 1.82) is 0 Å². The molecular formula is C12H20N4O. The van der Waals surface area contributed by atoms with Crippen molar-refractivity contribution < 1.29 is 4.79 Å². The molecule has 3 N–H and O–H groups in total. The van der Waals surface area contributed by atoms with Crippen LogP contribution in [0.1, 0.15) is 37.7 Å². The molecule has 0 aromatic carbocycles. The minimum absolute atomic E-state index is 0.121. The molecule has 1 aliphatic carbocycles. The van der Waals surface area contributed by atoms with E-state index < -0.39 is 0 Å². The van der Waals surface area contributed by atoms with E-state index >= 15 is 0 Å². The quantitative estimate of drug-likeness (QED) is 0.820. The third-order valence-electron chi connectivity index (χ3n) is 3.50. The summed E-state index contributed by atoms with van der Waals surface area (Å²) in [6.07, 6.45) is 8.23. The predicted molar refractivity (Wildman–Crippen MR) is 65.1 cm³/mol. The second-order valence-corrected chi connectivity index (χ2v) is 5.10. The number of hydrogen-bond acceptors (Lipinski definition) is 3. The number of hydrogen-bond donors (Lipinski definition) is 2. The van der Waals surface area contributed by atoms with E-state index in [4.69, 9.17) is 5.73 Å². The number of aromatic nitrogens is 2. The van der Waals surface area contributed by atoms with Crippen molar-refractivity contribution >= 4 is 5.91 Å². The molecule has 5 nitrogen and oxygen atoms in total. The van der Waals surface area contributed by atoms with E-state index in [0.29, 0.717) is 13.0 Å². The number of aromatic amines is 1. The van der Waals surface area contributed by atoms with E-state index in [2.05, 4.69) is 10.2 Å². The molecule has 1 amide bonds. The number of H-pyrrole nitrogens is 1.